The monoisotopic (exact) mass is 104 g/mol. The maximum atomic E-state index is 9.67. The Balaban J connectivity index is 2.00. The van der Waals surface area contributed by atoms with Gasteiger partial charge in [0.25, 0.3) is 0 Å². The van der Waals surface area contributed by atoms with Crippen molar-refractivity contribution >= 4 is 8.46 Å². The minimum absolute atomic E-state index is 0.211. The average Bonchev–Trinajstić information content (AvgIpc) is 2.21. The van der Waals surface area contributed by atoms with Gasteiger partial charge in [-0.05, 0) is 0 Å². The first-order valence-corrected chi connectivity index (χ1v) is 2.84. The second-order valence-corrected chi connectivity index (χ2v) is 1.89. The summed E-state index contributed by atoms with van der Waals surface area (Å²) in [6.07, 6.45) is 1.00. The molecular formula is C3H5O2P. The maximum Gasteiger partial charge on any atom is 0.158 e. The Morgan fingerprint density at radius 1 is 2.00 bits per heavy atom. The Bertz CT molecular complexity index is 59.8. The molecule has 1 atom stereocenters. The number of ether oxygens (including phenoxy) is 1. The van der Waals surface area contributed by atoms with Crippen LogP contribution in [0.2, 0.25) is 0 Å². The van der Waals surface area contributed by atoms with E-state index >= 15 is 0 Å². The highest BCUT2D eigenvalue weighted by Gasteiger charge is 2.21. The molecular weight excluding hydrogens is 99.0 g/mol. The van der Waals surface area contributed by atoms with Gasteiger partial charge in [0, 0.05) is 0 Å². The zero-order chi connectivity index (χ0) is 4.41. The molecule has 0 amide bonds. The fourth-order valence-electron chi connectivity index (χ4n) is 0.257. The average molecular weight is 104 g/mol. The molecule has 6 heavy (non-hydrogen) atoms. The van der Waals surface area contributed by atoms with Crippen LogP contribution in [0.4, 0.5) is 0 Å². The van der Waals surface area contributed by atoms with Crippen LogP contribution < -0.4 is 0 Å². The first kappa shape index (κ1) is 4.23. The molecule has 0 bridgehead atoms. The molecule has 1 heterocycles. The standard InChI is InChI=1S/C3H5O2P/c4-6-2-3-1-5-3/h3H,1-2H2/t3-/m0/s1. The topological polar surface area (TPSA) is 29.6 Å². The van der Waals surface area contributed by atoms with Gasteiger partial charge in [-0.3, -0.25) is 4.57 Å². The van der Waals surface area contributed by atoms with Crippen molar-refractivity contribution < 1.29 is 9.30 Å². The fourth-order valence-corrected chi connectivity index (χ4v) is 0.634. The first-order valence-electron chi connectivity index (χ1n) is 1.84. The van der Waals surface area contributed by atoms with Crippen LogP contribution in [0.15, 0.2) is 0 Å². The zero-order valence-corrected chi connectivity index (χ0v) is 4.15. The summed E-state index contributed by atoms with van der Waals surface area (Å²) in [6.45, 7) is 0.815. The number of epoxide rings is 1. The zero-order valence-electron chi connectivity index (χ0n) is 3.26. The van der Waals surface area contributed by atoms with E-state index in [0.717, 1.165) is 6.61 Å². The number of hydrogen-bond acceptors (Lipinski definition) is 2. The Hall–Kier alpha value is 0.0600. The van der Waals surface area contributed by atoms with E-state index in [4.69, 9.17) is 4.74 Å². The van der Waals surface area contributed by atoms with Crippen molar-refractivity contribution in [2.75, 3.05) is 12.8 Å². The molecule has 0 aliphatic carbocycles. The summed E-state index contributed by atoms with van der Waals surface area (Å²) in [5.74, 6) is 0. The normalized spacial score (nSPS) is 31.0. The van der Waals surface area contributed by atoms with Gasteiger partial charge in [-0.25, -0.2) is 0 Å². The van der Waals surface area contributed by atoms with Crippen LogP contribution in [-0.2, 0) is 9.30 Å². The van der Waals surface area contributed by atoms with E-state index in [0.29, 0.717) is 12.3 Å². The minimum atomic E-state index is 0.211. The maximum absolute atomic E-state index is 9.67. The van der Waals surface area contributed by atoms with Crippen molar-refractivity contribution in [3.8, 4) is 0 Å². The largest absolute Gasteiger partial charge is 0.372 e. The van der Waals surface area contributed by atoms with Crippen molar-refractivity contribution in [3.63, 3.8) is 0 Å². The Kier molecular flexibility index (Phi) is 1.18. The van der Waals surface area contributed by atoms with E-state index in [9.17, 15) is 4.57 Å². The molecule has 0 aromatic rings. The Labute approximate surface area is 37.7 Å². The van der Waals surface area contributed by atoms with Crippen LogP contribution in [0.25, 0.3) is 0 Å². The van der Waals surface area contributed by atoms with Crippen LogP contribution in [0.5, 0.6) is 0 Å². The van der Waals surface area contributed by atoms with E-state index in [-0.39, 0.29) is 8.46 Å². The van der Waals surface area contributed by atoms with Gasteiger partial charge < -0.3 is 4.74 Å². The molecule has 3 heteroatoms. The van der Waals surface area contributed by atoms with Crippen molar-refractivity contribution in [2.45, 2.75) is 6.10 Å². The predicted molar refractivity (Wildman–Crippen MR) is 22.2 cm³/mol. The summed E-state index contributed by atoms with van der Waals surface area (Å²) in [7, 11) is 0.211. The summed E-state index contributed by atoms with van der Waals surface area (Å²) >= 11 is 0. The van der Waals surface area contributed by atoms with Gasteiger partial charge in [-0.1, -0.05) is 0 Å². The van der Waals surface area contributed by atoms with Gasteiger partial charge >= 0.3 is 0 Å². The highest BCUT2D eigenvalue weighted by atomic mass is 31.1. The molecule has 34 valence electrons. The lowest BCUT2D eigenvalue weighted by Crippen LogP contribution is -1.80. The Morgan fingerprint density at radius 2 is 2.67 bits per heavy atom. The molecule has 1 rings (SSSR count). The van der Waals surface area contributed by atoms with Gasteiger partial charge in [-0.2, -0.15) is 0 Å². The molecule has 0 aromatic heterocycles. The van der Waals surface area contributed by atoms with E-state index in [1.54, 1.807) is 0 Å². The van der Waals surface area contributed by atoms with Gasteiger partial charge in [0.2, 0.25) is 0 Å². The van der Waals surface area contributed by atoms with E-state index in [1.807, 2.05) is 0 Å². The summed E-state index contributed by atoms with van der Waals surface area (Å²) in [6, 6.07) is 0. The summed E-state index contributed by atoms with van der Waals surface area (Å²) in [4.78, 5) is 0. The van der Waals surface area contributed by atoms with Crippen molar-refractivity contribution in [2.24, 2.45) is 0 Å². The molecule has 0 N–H and O–H groups in total. The third-order valence-electron chi connectivity index (χ3n) is 0.681. The fraction of sp³-hybridized carbons (Fsp3) is 1.00. The lowest BCUT2D eigenvalue weighted by atomic mass is 10.6. The third kappa shape index (κ3) is 1.04. The molecule has 0 aromatic carbocycles. The molecule has 0 unspecified atom stereocenters. The summed E-state index contributed by atoms with van der Waals surface area (Å²) in [5, 5.41) is 0. The highest BCUT2D eigenvalue weighted by molar-refractivity contribution is 7.23. The number of hydrogen-bond donors (Lipinski definition) is 0. The second-order valence-electron chi connectivity index (χ2n) is 1.27. The molecule has 1 saturated heterocycles. The molecule has 2 nitrogen and oxygen atoms in total. The molecule has 1 aliphatic heterocycles. The summed E-state index contributed by atoms with van der Waals surface area (Å²) < 4.78 is 14.4. The Morgan fingerprint density at radius 3 is 2.83 bits per heavy atom. The molecule has 1 aliphatic rings. The lowest BCUT2D eigenvalue weighted by Gasteiger charge is -1.68. The van der Waals surface area contributed by atoms with Crippen LogP contribution in [0, 0.1) is 0 Å². The van der Waals surface area contributed by atoms with Crippen molar-refractivity contribution in [1.29, 1.82) is 0 Å². The van der Waals surface area contributed by atoms with Crippen molar-refractivity contribution in [3.05, 3.63) is 0 Å². The molecule has 0 saturated carbocycles. The van der Waals surface area contributed by atoms with Gasteiger partial charge in [0.15, 0.2) is 8.46 Å². The highest BCUT2D eigenvalue weighted by Crippen LogP contribution is 2.12. The van der Waals surface area contributed by atoms with E-state index < -0.39 is 0 Å². The molecule has 0 radical (unpaired) electrons. The van der Waals surface area contributed by atoms with Crippen LogP contribution in [-0.4, -0.2) is 18.9 Å². The van der Waals surface area contributed by atoms with E-state index in [1.165, 1.54) is 0 Å². The quantitative estimate of drug-likeness (QED) is 0.380. The minimum Gasteiger partial charge on any atom is -0.372 e. The number of rotatable bonds is 2. The predicted octanol–water partition coefficient (Wildman–Crippen LogP) is 0.677. The van der Waals surface area contributed by atoms with Gasteiger partial charge in [0.05, 0.1) is 18.9 Å². The van der Waals surface area contributed by atoms with E-state index in [2.05, 4.69) is 0 Å². The van der Waals surface area contributed by atoms with Crippen molar-refractivity contribution in [1.82, 2.24) is 0 Å². The lowest BCUT2D eigenvalue weighted by molar-refractivity contribution is 0.424. The van der Waals surface area contributed by atoms with Crippen LogP contribution in [0.3, 0.4) is 0 Å². The first-order chi connectivity index (χ1) is 2.93. The smallest absolute Gasteiger partial charge is 0.158 e. The van der Waals surface area contributed by atoms with Gasteiger partial charge in [-0.15, -0.1) is 0 Å². The second kappa shape index (κ2) is 1.67. The third-order valence-corrected chi connectivity index (χ3v) is 1.24. The van der Waals surface area contributed by atoms with Crippen LogP contribution >= 0.6 is 8.46 Å². The molecule has 0 spiro atoms. The summed E-state index contributed by atoms with van der Waals surface area (Å²) in [5.41, 5.74) is 0. The SMILES string of the molecule is O=PC[C@@H]1CO1. The molecule has 1 fully saturated rings. The van der Waals surface area contributed by atoms with Gasteiger partial charge in [0.1, 0.15) is 0 Å². The van der Waals surface area contributed by atoms with Crippen LogP contribution in [0.1, 0.15) is 0 Å².